The summed E-state index contributed by atoms with van der Waals surface area (Å²) in [4.78, 5) is 126. The summed E-state index contributed by atoms with van der Waals surface area (Å²) >= 11 is 0. The number of imidazole rings is 1. The minimum Gasteiger partial charge on any atom is -0.480 e. The Morgan fingerprint density at radius 1 is 0.814 bits per heavy atom. The SMILES string of the molecule is CC(C)[C@H](NC(=O)CNC(=O)[C@H](Cc1cnc[nH]1)NC(=O)[C@H](C)NC(=O)[C@@H]1CCCN1C(=O)[C@@H]1CCCN1C(=O)[C@H](C)NC(=O)[C@@H](NC(=O)[C@@H](N)CO)[C@@H](C)O)C(=O)O. The lowest BCUT2D eigenvalue weighted by molar-refractivity contribution is -0.148. The normalized spacial score (nSPS) is 19.9. The van der Waals surface area contributed by atoms with Gasteiger partial charge in [-0.2, -0.15) is 0 Å². The molecule has 23 nitrogen and oxygen atoms in total. The summed E-state index contributed by atoms with van der Waals surface area (Å²) in [7, 11) is 0. The van der Waals surface area contributed by atoms with E-state index >= 15 is 0 Å². The lowest BCUT2D eigenvalue weighted by Gasteiger charge is -2.33. The molecule has 59 heavy (non-hydrogen) atoms. The smallest absolute Gasteiger partial charge is 0.326 e. The van der Waals surface area contributed by atoms with E-state index < -0.39 is 127 Å². The molecule has 2 fully saturated rings. The van der Waals surface area contributed by atoms with Crippen molar-refractivity contribution in [1.29, 1.82) is 0 Å². The van der Waals surface area contributed by atoms with Crippen molar-refractivity contribution in [3.63, 3.8) is 0 Å². The molecular formula is C36H57N11O12. The standard InChI is InChI=1S/C36H57N11O12/c1-17(2)27(36(58)59)44-26(50)14-39-31(53)23(12-21-13-38-16-40-21)43-29(51)18(3)41-32(54)24-8-6-10-46(24)35(57)25-9-7-11-47(25)34(56)19(4)42-33(55)28(20(5)49)45-30(52)22(37)15-48/h13,16-20,22-25,27-28,48-49H,6-12,14-15,37H2,1-5H3,(H,38,40)(H,39,53)(H,41,54)(H,42,55)(H,43,51)(H,44,50)(H,45,52)(H,58,59)/t18-,19-,20+,22-,23-,24-,25-,27-,28-/m0/s1. The number of carboxylic acid groups (broad SMARTS) is 1. The number of nitrogens with two attached hydrogens (primary N) is 1. The molecular weight excluding hydrogens is 778 g/mol. The molecule has 0 aliphatic carbocycles. The number of aromatic amines is 1. The molecule has 9 atom stereocenters. The van der Waals surface area contributed by atoms with Crippen LogP contribution >= 0.6 is 0 Å². The molecule has 328 valence electrons. The number of hydrogen-bond donors (Lipinski definition) is 11. The van der Waals surface area contributed by atoms with Crippen molar-refractivity contribution in [2.45, 2.75) is 121 Å². The Labute approximate surface area is 340 Å². The maximum absolute atomic E-state index is 13.9. The van der Waals surface area contributed by atoms with Gasteiger partial charge < -0.3 is 67.7 Å². The Morgan fingerprint density at radius 2 is 1.46 bits per heavy atom. The van der Waals surface area contributed by atoms with Crippen LogP contribution in [0.25, 0.3) is 0 Å². The lowest BCUT2D eigenvalue weighted by Crippen LogP contribution is -2.60. The van der Waals surface area contributed by atoms with Crippen molar-refractivity contribution < 1.29 is 58.5 Å². The first kappa shape index (κ1) is 47.7. The number of carbonyl (C=O) groups is 9. The highest BCUT2D eigenvalue weighted by Gasteiger charge is 2.44. The number of aromatic nitrogens is 2. The molecule has 0 spiro atoms. The number of H-pyrrole nitrogens is 1. The van der Waals surface area contributed by atoms with Crippen molar-refractivity contribution in [1.82, 2.24) is 51.7 Å². The first-order valence-corrected chi connectivity index (χ1v) is 19.4. The highest BCUT2D eigenvalue weighted by molar-refractivity contribution is 5.98. The number of carboxylic acids is 1. The summed E-state index contributed by atoms with van der Waals surface area (Å²) in [5, 5.41) is 43.2. The van der Waals surface area contributed by atoms with Crippen molar-refractivity contribution >= 4 is 53.2 Å². The topological polar surface area (TPSA) is 348 Å². The van der Waals surface area contributed by atoms with Crippen LogP contribution in [0.2, 0.25) is 0 Å². The Hall–Kier alpha value is -5.68. The maximum Gasteiger partial charge on any atom is 0.326 e. The van der Waals surface area contributed by atoms with Gasteiger partial charge in [0.1, 0.15) is 48.3 Å². The summed E-state index contributed by atoms with van der Waals surface area (Å²) in [6.07, 6.45) is 2.77. The third-order valence-electron chi connectivity index (χ3n) is 10.0. The molecule has 0 bridgehead atoms. The van der Waals surface area contributed by atoms with Crippen LogP contribution in [0.1, 0.15) is 66.0 Å². The lowest BCUT2D eigenvalue weighted by atomic mass is 10.0. The van der Waals surface area contributed by atoms with Crippen molar-refractivity contribution in [2.24, 2.45) is 11.7 Å². The molecule has 1 aromatic rings. The third-order valence-corrected chi connectivity index (χ3v) is 10.0. The van der Waals surface area contributed by atoms with Gasteiger partial charge in [-0.3, -0.25) is 38.4 Å². The number of aliphatic hydroxyl groups excluding tert-OH is 2. The Bertz CT molecular complexity index is 1690. The van der Waals surface area contributed by atoms with E-state index in [1.165, 1.54) is 43.1 Å². The summed E-state index contributed by atoms with van der Waals surface area (Å²) in [5.41, 5.74) is 5.95. The van der Waals surface area contributed by atoms with Gasteiger partial charge in [0.15, 0.2) is 0 Å². The minimum absolute atomic E-state index is 0.0789. The van der Waals surface area contributed by atoms with E-state index in [4.69, 9.17) is 10.8 Å². The average molecular weight is 836 g/mol. The summed E-state index contributed by atoms with van der Waals surface area (Å²) in [5.74, 6) is -7.52. The summed E-state index contributed by atoms with van der Waals surface area (Å²) in [6, 6.07) is -9.63. The number of likely N-dealkylation sites (tertiary alicyclic amines) is 2. The van der Waals surface area contributed by atoms with Crippen LogP contribution in [0, 0.1) is 5.92 Å². The summed E-state index contributed by atoms with van der Waals surface area (Å²) < 4.78 is 0. The van der Waals surface area contributed by atoms with Crippen LogP contribution in [0.3, 0.4) is 0 Å². The molecule has 0 saturated carbocycles. The Kier molecular flexibility index (Phi) is 17.7. The predicted molar refractivity (Wildman–Crippen MR) is 205 cm³/mol. The Balaban J connectivity index is 1.62. The second kappa shape index (κ2) is 21.9. The highest BCUT2D eigenvalue weighted by atomic mass is 16.4. The van der Waals surface area contributed by atoms with Gasteiger partial charge in [0.2, 0.25) is 47.3 Å². The predicted octanol–water partition coefficient (Wildman–Crippen LogP) is -5.04. The molecule has 0 unspecified atom stereocenters. The van der Waals surface area contributed by atoms with E-state index in [2.05, 4.69) is 41.9 Å². The van der Waals surface area contributed by atoms with Crippen molar-refractivity contribution in [3.05, 3.63) is 18.2 Å². The molecule has 8 amide bonds. The van der Waals surface area contributed by atoms with E-state index in [1.807, 2.05) is 0 Å². The van der Waals surface area contributed by atoms with Gasteiger partial charge in [0.05, 0.1) is 25.6 Å². The van der Waals surface area contributed by atoms with E-state index in [1.54, 1.807) is 13.8 Å². The molecule has 3 heterocycles. The van der Waals surface area contributed by atoms with Gasteiger partial charge in [0, 0.05) is 31.4 Å². The van der Waals surface area contributed by atoms with Crippen LogP contribution in [0.4, 0.5) is 0 Å². The van der Waals surface area contributed by atoms with Gasteiger partial charge in [-0.1, -0.05) is 13.8 Å². The fourth-order valence-corrected chi connectivity index (χ4v) is 6.67. The third kappa shape index (κ3) is 13.2. The van der Waals surface area contributed by atoms with E-state index in [-0.39, 0.29) is 32.4 Å². The zero-order valence-electron chi connectivity index (χ0n) is 33.7. The van der Waals surface area contributed by atoms with Crippen LogP contribution < -0.4 is 37.6 Å². The van der Waals surface area contributed by atoms with E-state index in [0.717, 1.165) is 0 Å². The van der Waals surface area contributed by atoms with Crippen LogP contribution in [-0.2, 0) is 49.6 Å². The van der Waals surface area contributed by atoms with Crippen molar-refractivity contribution in [2.75, 3.05) is 26.2 Å². The second-order valence-electron chi connectivity index (χ2n) is 15.0. The van der Waals surface area contributed by atoms with Gasteiger partial charge in [-0.15, -0.1) is 0 Å². The number of carbonyl (C=O) groups excluding carboxylic acids is 8. The zero-order chi connectivity index (χ0) is 44.1. The van der Waals surface area contributed by atoms with Gasteiger partial charge in [0.25, 0.3) is 0 Å². The van der Waals surface area contributed by atoms with Gasteiger partial charge in [-0.05, 0) is 52.4 Å². The van der Waals surface area contributed by atoms with Gasteiger partial charge in [-0.25, -0.2) is 9.78 Å². The Morgan fingerprint density at radius 3 is 2.03 bits per heavy atom. The number of aliphatic carboxylic acids is 1. The molecule has 3 rings (SSSR count). The summed E-state index contributed by atoms with van der Waals surface area (Å²) in [6.45, 7) is 6.31. The number of hydrogen-bond acceptors (Lipinski definition) is 13. The largest absolute Gasteiger partial charge is 0.480 e. The van der Waals surface area contributed by atoms with E-state index in [9.17, 15) is 53.4 Å². The maximum atomic E-state index is 13.9. The fourth-order valence-electron chi connectivity index (χ4n) is 6.67. The first-order chi connectivity index (χ1) is 27.8. The van der Waals surface area contributed by atoms with Gasteiger partial charge >= 0.3 is 5.97 Å². The number of amides is 8. The first-order valence-electron chi connectivity index (χ1n) is 19.4. The number of rotatable bonds is 20. The van der Waals surface area contributed by atoms with Crippen molar-refractivity contribution in [3.8, 4) is 0 Å². The number of aliphatic hydroxyl groups is 2. The average Bonchev–Trinajstić information content (AvgIpc) is 3.99. The highest BCUT2D eigenvalue weighted by Crippen LogP contribution is 2.26. The minimum atomic E-state index is -1.50. The van der Waals surface area contributed by atoms with Crippen LogP contribution in [-0.4, -0.2) is 169 Å². The molecule has 23 heteroatoms. The quantitative estimate of drug-likeness (QED) is 0.0586. The van der Waals surface area contributed by atoms with Crippen LogP contribution in [0.5, 0.6) is 0 Å². The molecule has 2 aliphatic rings. The zero-order valence-corrected chi connectivity index (χ0v) is 33.7. The monoisotopic (exact) mass is 835 g/mol. The molecule has 2 aliphatic heterocycles. The molecule has 0 aromatic carbocycles. The number of nitrogens with one attached hydrogen (secondary N) is 7. The molecule has 0 radical (unpaired) electrons. The molecule has 12 N–H and O–H groups in total. The second-order valence-corrected chi connectivity index (χ2v) is 15.0. The van der Waals surface area contributed by atoms with Crippen LogP contribution in [0.15, 0.2) is 12.5 Å². The molecule has 1 aromatic heterocycles. The molecule has 2 saturated heterocycles. The van der Waals surface area contributed by atoms with E-state index in [0.29, 0.717) is 18.5 Å². The number of nitrogens with zero attached hydrogens (tertiary/aromatic N) is 3. The fraction of sp³-hybridized carbons (Fsp3) is 0.667.